The first kappa shape index (κ1) is 24.0. The van der Waals surface area contributed by atoms with Crippen LogP contribution in [0.3, 0.4) is 0 Å². The topological polar surface area (TPSA) is 150 Å². The Morgan fingerprint density at radius 2 is 1.23 bits per heavy atom. The molecule has 0 saturated heterocycles. The van der Waals surface area contributed by atoms with E-state index < -0.39 is 15.0 Å². The van der Waals surface area contributed by atoms with E-state index in [0.29, 0.717) is 16.9 Å². The van der Waals surface area contributed by atoms with Crippen LogP contribution in [0.2, 0.25) is 0 Å². The van der Waals surface area contributed by atoms with Crippen LogP contribution in [-0.4, -0.2) is 18.1 Å². The smallest absolute Gasteiger partial charge is 0.296 e. The molecule has 0 saturated carbocycles. The minimum Gasteiger partial charge on any atom is -0.505 e. The highest BCUT2D eigenvalue weighted by Gasteiger charge is 2.24. The minimum absolute atomic E-state index is 0.124. The van der Waals surface area contributed by atoms with E-state index in [9.17, 15) is 18.1 Å². The Hall–Kier alpha value is -4.15. The van der Waals surface area contributed by atoms with Crippen molar-refractivity contribution in [1.29, 1.82) is 0 Å². The van der Waals surface area contributed by atoms with Gasteiger partial charge in [0.05, 0.1) is 22.4 Å². The summed E-state index contributed by atoms with van der Waals surface area (Å²) in [6.45, 7) is 5.56. The number of benzene rings is 4. The number of anilines is 1. The molecule has 4 aromatic carbocycles. The lowest BCUT2D eigenvalue weighted by atomic mass is 10.0. The fourth-order valence-electron chi connectivity index (χ4n) is 3.54. The average molecular weight is 490 g/mol. The number of aromatic hydroxyl groups is 1. The van der Waals surface area contributed by atoms with Gasteiger partial charge in [-0.15, -0.1) is 10.2 Å². The van der Waals surface area contributed by atoms with Crippen molar-refractivity contribution >= 4 is 49.3 Å². The summed E-state index contributed by atoms with van der Waals surface area (Å²) >= 11 is 0. The van der Waals surface area contributed by atoms with E-state index in [4.69, 9.17) is 5.73 Å². The van der Waals surface area contributed by atoms with Gasteiger partial charge in [0.2, 0.25) is 0 Å². The Bertz CT molecular complexity index is 1590. The predicted molar refractivity (Wildman–Crippen MR) is 135 cm³/mol. The molecule has 0 radical (unpaired) electrons. The Balaban J connectivity index is 1.90. The van der Waals surface area contributed by atoms with Gasteiger partial charge in [-0.1, -0.05) is 35.4 Å². The molecule has 0 atom stereocenters. The van der Waals surface area contributed by atoms with Crippen LogP contribution < -0.4 is 5.73 Å². The number of fused-ring (bicyclic) bond motifs is 1. The maximum absolute atomic E-state index is 12.1. The van der Waals surface area contributed by atoms with Crippen molar-refractivity contribution in [3.63, 3.8) is 0 Å². The quantitative estimate of drug-likeness (QED) is 0.155. The fraction of sp³-hybridized carbons (Fsp3) is 0.120. The van der Waals surface area contributed by atoms with Gasteiger partial charge in [-0.3, -0.25) is 4.55 Å². The van der Waals surface area contributed by atoms with E-state index in [1.54, 1.807) is 37.3 Å². The molecule has 35 heavy (non-hydrogen) atoms. The third-order valence-corrected chi connectivity index (χ3v) is 6.28. The highest BCUT2D eigenvalue weighted by molar-refractivity contribution is 7.86. The molecular formula is C25H23N5O4S. The second-order valence-corrected chi connectivity index (χ2v) is 9.56. The van der Waals surface area contributed by atoms with Crippen LogP contribution in [0.5, 0.6) is 5.75 Å². The Morgan fingerprint density at radius 3 is 1.71 bits per heavy atom. The lowest BCUT2D eigenvalue weighted by Gasteiger charge is -2.13. The van der Waals surface area contributed by atoms with Crippen LogP contribution >= 0.6 is 0 Å². The van der Waals surface area contributed by atoms with Crippen molar-refractivity contribution in [3.05, 3.63) is 77.4 Å². The van der Waals surface area contributed by atoms with E-state index in [-0.39, 0.29) is 33.6 Å². The Kier molecular flexibility index (Phi) is 6.33. The molecule has 178 valence electrons. The molecule has 0 heterocycles. The van der Waals surface area contributed by atoms with Crippen molar-refractivity contribution in [1.82, 2.24) is 0 Å². The average Bonchev–Trinajstić information content (AvgIpc) is 2.79. The fourth-order valence-corrected chi connectivity index (χ4v) is 4.21. The van der Waals surface area contributed by atoms with E-state index in [1.807, 2.05) is 38.1 Å². The molecule has 4 rings (SSSR count). The largest absolute Gasteiger partial charge is 0.505 e. The molecule has 0 bridgehead atoms. The molecule has 0 fully saturated rings. The third kappa shape index (κ3) is 5.03. The zero-order valence-electron chi connectivity index (χ0n) is 19.3. The number of nitrogens with two attached hydrogens (primary N) is 1. The zero-order valence-corrected chi connectivity index (χ0v) is 20.1. The molecule has 0 spiro atoms. The number of azo groups is 2. The van der Waals surface area contributed by atoms with Gasteiger partial charge in [-0.25, -0.2) is 0 Å². The molecule has 0 aliphatic heterocycles. The molecule has 0 amide bonds. The predicted octanol–water partition coefficient (Wildman–Crippen LogP) is 7.13. The van der Waals surface area contributed by atoms with Gasteiger partial charge in [0, 0.05) is 0 Å². The Morgan fingerprint density at radius 1 is 0.743 bits per heavy atom. The summed E-state index contributed by atoms with van der Waals surface area (Å²) in [5.41, 5.74) is 9.66. The summed E-state index contributed by atoms with van der Waals surface area (Å²) in [4.78, 5) is -0.522. The van der Waals surface area contributed by atoms with E-state index in [0.717, 1.165) is 11.1 Å². The van der Waals surface area contributed by atoms with E-state index in [2.05, 4.69) is 20.5 Å². The van der Waals surface area contributed by atoms with Crippen LogP contribution in [0, 0.1) is 20.8 Å². The van der Waals surface area contributed by atoms with Crippen LogP contribution in [0.4, 0.5) is 28.4 Å². The minimum atomic E-state index is -4.70. The number of hydrogen-bond donors (Lipinski definition) is 3. The number of phenols is 1. The van der Waals surface area contributed by atoms with Crippen molar-refractivity contribution in [2.24, 2.45) is 20.5 Å². The number of phenolic OH excluding ortho intramolecular Hbond substituents is 1. The first-order chi connectivity index (χ1) is 16.5. The molecule has 9 nitrogen and oxygen atoms in total. The highest BCUT2D eigenvalue weighted by Crippen LogP contribution is 2.47. The molecule has 10 heteroatoms. The van der Waals surface area contributed by atoms with Crippen LogP contribution in [0.15, 0.2) is 86.0 Å². The number of nitrogens with zero attached hydrogens (tertiary/aromatic N) is 4. The second-order valence-electron chi connectivity index (χ2n) is 8.17. The molecule has 0 aromatic heterocycles. The summed E-state index contributed by atoms with van der Waals surface area (Å²) in [5, 5.41) is 27.9. The van der Waals surface area contributed by atoms with Crippen molar-refractivity contribution < 1.29 is 18.1 Å². The lowest BCUT2D eigenvalue weighted by molar-refractivity contribution is 0.480. The van der Waals surface area contributed by atoms with Crippen molar-refractivity contribution in [2.75, 3.05) is 5.73 Å². The normalized spacial score (nSPS) is 12.2. The number of rotatable bonds is 5. The summed E-state index contributed by atoms with van der Waals surface area (Å²) in [6.07, 6.45) is 0. The Labute approximate surface area is 202 Å². The second kappa shape index (κ2) is 9.24. The highest BCUT2D eigenvalue weighted by atomic mass is 32.2. The summed E-state index contributed by atoms with van der Waals surface area (Å²) in [6, 6.07) is 17.2. The first-order valence-corrected chi connectivity index (χ1v) is 12.0. The SMILES string of the molecule is Cc1ccc(/N=N/c2c(S(=O)(=O)O)cc3cc(C)c(/N=N/c4ccc(C)cc4)c(O)c3c2N)cc1. The standard InChI is InChI=1S/C25H23N5O4S/c1-14-4-8-18(9-5-14)27-29-23-16(3)12-17-13-20(35(32,33)34)24(22(26)21(17)25(23)31)30-28-19-10-6-15(2)7-11-19/h4-13,31H,26H2,1-3H3,(H,32,33,34)/b29-27+,30-28+. The van der Waals surface area contributed by atoms with Crippen LogP contribution in [0.25, 0.3) is 10.8 Å². The molecule has 0 aliphatic carbocycles. The van der Waals surface area contributed by atoms with E-state index >= 15 is 0 Å². The zero-order chi connectivity index (χ0) is 25.3. The van der Waals surface area contributed by atoms with Gasteiger partial charge in [0.15, 0.2) is 5.75 Å². The van der Waals surface area contributed by atoms with Gasteiger partial charge in [0.1, 0.15) is 16.3 Å². The molecule has 4 aromatic rings. The maximum atomic E-state index is 12.1. The van der Waals surface area contributed by atoms with Crippen LogP contribution in [0.1, 0.15) is 16.7 Å². The lowest BCUT2D eigenvalue weighted by Crippen LogP contribution is -2.02. The first-order valence-electron chi connectivity index (χ1n) is 10.6. The summed E-state index contributed by atoms with van der Waals surface area (Å²) in [7, 11) is -4.70. The van der Waals surface area contributed by atoms with Crippen molar-refractivity contribution in [2.45, 2.75) is 25.7 Å². The summed E-state index contributed by atoms with van der Waals surface area (Å²) in [5.74, 6) is -0.290. The number of hydrogen-bond acceptors (Lipinski definition) is 8. The van der Waals surface area contributed by atoms with Gasteiger partial charge in [-0.05, 0) is 68.1 Å². The number of nitrogen functional groups attached to an aromatic ring is 1. The third-order valence-electron chi connectivity index (χ3n) is 5.42. The van der Waals surface area contributed by atoms with Gasteiger partial charge in [0.25, 0.3) is 10.1 Å². The number of aryl methyl sites for hydroxylation is 3. The molecule has 0 aliphatic rings. The van der Waals surface area contributed by atoms with E-state index in [1.165, 1.54) is 6.07 Å². The molecule has 0 unspecified atom stereocenters. The summed E-state index contributed by atoms with van der Waals surface area (Å²) < 4.78 is 34.1. The molecular weight excluding hydrogens is 466 g/mol. The maximum Gasteiger partial charge on any atom is 0.296 e. The van der Waals surface area contributed by atoms with Gasteiger partial charge >= 0.3 is 0 Å². The molecule has 4 N–H and O–H groups in total. The monoisotopic (exact) mass is 489 g/mol. The van der Waals surface area contributed by atoms with Crippen molar-refractivity contribution in [3.8, 4) is 5.75 Å². The van der Waals surface area contributed by atoms with Gasteiger partial charge in [-0.2, -0.15) is 18.6 Å². The van der Waals surface area contributed by atoms with Crippen LogP contribution in [-0.2, 0) is 10.1 Å². The van der Waals surface area contributed by atoms with Gasteiger partial charge < -0.3 is 10.8 Å².